The Morgan fingerprint density at radius 2 is 2.10 bits per heavy atom. The van der Waals surface area contributed by atoms with E-state index in [1.54, 1.807) is 6.07 Å². The molecule has 118 valence electrons. The molecule has 0 aliphatic carbocycles. The Kier molecular flexibility index (Phi) is 7.49. The van der Waals surface area contributed by atoms with Crippen molar-refractivity contribution in [2.45, 2.75) is 25.9 Å². The highest BCUT2D eigenvalue weighted by Crippen LogP contribution is 2.07. The molecule has 21 heavy (non-hydrogen) atoms. The minimum absolute atomic E-state index is 0.111. The fourth-order valence-corrected chi connectivity index (χ4v) is 1.75. The lowest BCUT2D eigenvalue weighted by Gasteiger charge is -2.12. The van der Waals surface area contributed by atoms with Crippen LogP contribution >= 0.6 is 0 Å². The van der Waals surface area contributed by atoms with Crippen molar-refractivity contribution >= 4 is 11.8 Å². The van der Waals surface area contributed by atoms with Gasteiger partial charge in [-0.3, -0.25) is 9.59 Å². The first kappa shape index (κ1) is 17.2. The topological polar surface area (TPSA) is 107 Å². The van der Waals surface area contributed by atoms with Gasteiger partial charge in [0.25, 0.3) is 5.91 Å². The van der Waals surface area contributed by atoms with E-state index < -0.39 is 0 Å². The van der Waals surface area contributed by atoms with Crippen LogP contribution in [0, 0.1) is 6.92 Å². The smallest absolute Gasteiger partial charge is 0.287 e. The SMILES string of the molecule is COC(CN)CC(=O)NCCCNC(=O)c1occc1C. The number of amides is 2. The molecule has 1 aromatic heterocycles. The first-order chi connectivity index (χ1) is 10.1. The number of carbonyl (C=O) groups excluding carboxylic acids is 2. The lowest BCUT2D eigenvalue weighted by Crippen LogP contribution is -2.34. The minimum atomic E-state index is -0.258. The van der Waals surface area contributed by atoms with Gasteiger partial charge in [0.1, 0.15) is 0 Å². The van der Waals surface area contributed by atoms with Gasteiger partial charge in [0.2, 0.25) is 5.91 Å². The first-order valence-electron chi connectivity index (χ1n) is 6.90. The Balaban J connectivity index is 2.13. The monoisotopic (exact) mass is 297 g/mol. The van der Waals surface area contributed by atoms with Crippen LogP contribution in [0.5, 0.6) is 0 Å². The lowest BCUT2D eigenvalue weighted by atomic mass is 10.2. The zero-order valence-electron chi connectivity index (χ0n) is 12.5. The molecule has 1 aromatic rings. The van der Waals surface area contributed by atoms with Crippen LogP contribution in [0.2, 0.25) is 0 Å². The molecule has 0 aliphatic rings. The van der Waals surface area contributed by atoms with E-state index in [-0.39, 0.29) is 24.3 Å². The Hall–Kier alpha value is -1.86. The summed E-state index contributed by atoms with van der Waals surface area (Å²) < 4.78 is 10.1. The summed E-state index contributed by atoms with van der Waals surface area (Å²) in [6.07, 6.45) is 2.10. The molecule has 1 atom stereocenters. The van der Waals surface area contributed by atoms with Crippen molar-refractivity contribution in [2.75, 3.05) is 26.7 Å². The summed E-state index contributed by atoms with van der Waals surface area (Å²) in [6, 6.07) is 1.73. The molecule has 0 spiro atoms. The quantitative estimate of drug-likeness (QED) is 0.564. The van der Waals surface area contributed by atoms with E-state index in [0.717, 1.165) is 5.56 Å². The molecule has 0 aromatic carbocycles. The van der Waals surface area contributed by atoms with Gasteiger partial charge in [-0.15, -0.1) is 0 Å². The number of rotatable bonds is 9. The van der Waals surface area contributed by atoms with E-state index in [2.05, 4.69) is 10.6 Å². The van der Waals surface area contributed by atoms with Crippen LogP contribution in [-0.2, 0) is 9.53 Å². The molecular weight excluding hydrogens is 274 g/mol. The van der Waals surface area contributed by atoms with E-state index >= 15 is 0 Å². The molecular formula is C14H23N3O4. The highest BCUT2D eigenvalue weighted by molar-refractivity contribution is 5.92. The second kappa shape index (κ2) is 9.15. The summed E-state index contributed by atoms with van der Waals surface area (Å²) in [5.41, 5.74) is 6.24. The Bertz CT molecular complexity index is 455. The van der Waals surface area contributed by atoms with E-state index in [1.165, 1.54) is 13.4 Å². The number of methoxy groups -OCH3 is 1. The molecule has 4 N–H and O–H groups in total. The minimum Gasteiger partial charge on any atom is -0.459 e. The summed E-state index contributed by atoms with van der Waals surface area (Å²) in [7, 11) is 1.52. The van der Waals surface area contributed by atoms with Crippen LogP contribution < -0.4 is 16.4 Å². The fourth-order valence-electron chi connectivity index (χ4n) is 1.75. The van der Waals surface area contributed by atoms with Crippen LogP contribution in [0.3, 0.4) is 0 Å². The van der Waals surface area contributed by atoms with Crippen LogP contribution in [0.25, 0.3) is 0 Å². The third-order valence-corrected chi connectivity index (χ3v) is 3.04. The van der Waals surface area contributed by atoms with Gasteiger partial charge in [0, 0.05) is 32.3 Å². The summed E-state index contributed by atoms with van der Waals surface area (Å²) in [5, 5.41) is 5.49. The highest BCUT2D eigenvalue weighted by Gasteiger charge is 2.12. The Morgan fingerprint density at radius 3 is 2.67 bits per heavy atom. The summed E-state index contributed by atoms with van der Waals surface area (Å²) in [6.45, 7) is 3.06. The third kappa shape index (κ3) is 5.97. The predicted molar refractivity (Wildman–Crippen MR) is 77.9 cm³/mol. The van der Waals surface area contributed by atoms with Crippen LogP contribution in [0.1, 0.15) is 29.0 Å². The average molecular weight is 297 g/mol. The molecule has 2 amide bonds. The number of nitrogens with two attached hydrogens (primary N) is 1. The molecule has 1 heterocycles. The van der Waals surface area contributed by atoms with Gasteiger partial charge in [0.15, 0.2) is 5.76 Å². The molecule has 1 unspecified atom stereocenters. The molecule has 1 rings (SSSR count). The van der Waals surface area contributed by atoms with Crippen LogP contribution in [-0.4, -0.2) is 44.7 Å². The second-order valence-corrected chi connectivity index (χ2v) is 4.69. The van der Waals surface area contributed by atoms with E-state index in [1.807, 2.05) is 6.92 Å². The van der Waals surface area contributed by atoms with Crippen molar-refractivity contribution in [3.8, 4) is 0 Å². The van der Waals surface area contributed by atoms with Crippen LogP contribution in [0.4, 0.5) is 0 Å². The average Bonchev–Trinajstić information content (AvgIpc) is 2.90. The molecule has 7 heteroatoms. The number of nitrogens with one attached hydrogen (secondary N) is 2. The van der Waals surface area contributed by atoms with Crippen LogP contribution in [0.15, 0.2) is 16.7 Å². The number of hydrogen-bond acceptors (Lipinski definition) is 5. The van der Waals surface area contributed by atoms with E-state index in [4.69, 9.17) is 14.9 Å². The van der Waals surface area contributed by atoms with Crippen molar-refractivity contribution in [2.24, 2.45) is 5.73 Å². The molecule has 7 nitrogen and oxygen atoms in total. The number of ether oxygens (including phenoxy) is 1. The molecule has 0 saturated carbocycles. The summed E-state index contributed by atoms with van der Waals surface area (Å²) in [5.74, 6) is -0.0307. The van der Waals surface area contributed by atoms with Crippen molar-refractivity contribution in [1.29, 1.82) is 0 Å². The largest absolute Gasteiger partial charge is 0.459 e. The third-order valence-electron chi connectivity index (χ3n) is 3.04. The molecule has 0 bridgehead atoms. The van der Waals surface area contributed by atoms with Gasteiger partial charge < -0.3 is 25.5 Å². The fraction of sp³-hybridized carbons (Fsp3) is 0.571. The Labute approximate surface area is 124 Å². The zero-order valence-corrected chi connectivity index (χ0v) is 12.5. The molecule has 0 aliphatic heterocycles. The van der Waals surface area contributed by atoms with E-state index in [9.17, 15) is 9.59 Å². The van der Waals surface area contributed by atoms with Gasteiger partial charge >= 0.3 is 0 Å². The lowest BCUT2D eigenvalue weighted by molar-refractivity contribution is -0.123. The van der Waals surface area contributed by atoms with E-state index in [0.29, 0.717) is 31.8 Å². The maximum absolute atomic E-state index is 11.7. The maximum atomic E-state index is 11.7. The van der Waals surface area contributed by atoms with Crippen molar-refractivity contribution in [1.82, 2.24) is 10.6 Å². The van der Waals surface area contributed by atoms with Gasteiger partial charge in [-0.25, -0.2) is 0 Å². The van der Waals surface area contributed by atoms with Gasteiger partial charge in [-0.1, -0.05) is 0 Å². The maximum Gasteiger partial charge on any atom is 0.287 e. The predicted octanol–water partition coefficient (Wildman–Crippen LogP) is 0.188. The standard InChI is InChI=1S/C14H23N3O4/c1-10-4-7-21-13(10)14(19)17-6-3-5-16-12(18)8-11(9-15)20-2/h4,7,11H,3,5-6,8-9,15H2,1-2H3,(H,16,18)(H,17,19). The first-order valence-corrected chi connectivity index (χ1v) is 6.90. The second-order valence-electron chi connectivity index (χ2n) is 4.69. The zero-order chi connectivity index (χ0) is 15.7. The molecule has 0 fully saturated rings. The number of aryl methyl sites for hydroxylation is 1. The van der Waals surface area contributed by atoms with Crippen molar-refractivity contribution < 1.29 is 18.7 Å². The molecule has 0 radical (unpaired) electrons. The van der Waals surface area contributed by atoms with Gasteiger partial charge in [-0.05, 0) is 19.4 Å². The summed E-state index contributed by atoms with van der Waals surface area (Å²) in [4.78, 5) is 23.3. The molecule has 0 saturated heterocycles. The highest BCUT2D eigenvalue weighted by atomic mass is 16.5. The normalized spacial score (nSPS) is 12.0. The Morgan fingerprint density at radius 1 is 1.38 bits per heavy atom. The van der Waals surface area contributed by atoms with Crippen molar-refractivity contribution in [3.05, 3.63) is 23.7 Å². The van der Waals surface area contributed by atoms with Gasteiger partial charge in [0.05, 0.1) is 18.8 Å². The summed E-state index contributed by atoms with van der Waals surface area (Å²) >= 11 is 0. The van der Waals surface area contributed by atoms with Crippen molar-refractivity contribution in [3.63, 3.8) is 0 Å². The number of hydrogen-bond donors (Lipinski definition) is 3. The number of furan rings is 1. The van der Waals surface area contributed by atoms with Gasteiger partial charge in [-0.2, -0.15) is 0 Å². The number of carbonyl (C=O) groups is 2.